The van der Waals surface area contributed by atoms with Crippen molar-refractivity contribution in [1.82, 2.24) is 5.32 Å². The molecule has 1 amide bonds. The van der Waals surface area contributed by atoms with E-state index < -0.39 is 29.6 Å². The molecule has 1 saturated carbocycles. The SMILES string of the molecule is COC(=O)[C@H]1C(C(=O)N[C@H](C)c2ccccc2)C(=O)[C@@H]1Cc1ccc(Cl)s1. The molecule has 1 unspecified atom stereocenters. The van der Waals surface area contributed by atoms with Gasteiger partial charge < -0.3 is 10.1 Å². The van der Waals surface area contributed by atoms with Crippen LogP contribution in [0.2, 0.25) is 4.34 Å². The van der Waals surface area contributed by atoms with Crippen molar-refractivity contribution in [2.45, 2.75) is 19.4 Å². The zero-order valence-corrected chi connectivity index (χ0v) is 16.5. The average molecular weight is 406 g/mol. The summed E-state index contributed by atoms with van der Waals surface area (Å²) in [4.78, 5) is 38.5. The Morgan fingerprint density at radius 2 is 1.93 bits per heavy atom. The molecule has 0 radical (unpaired) electrons. The predicted molar refractivity (Wildman–Crippen MR) is 104 cm³/mol. The first-order valence-electron chi connectivity index (χ1n) is 8.63. The van der Waals surface area contributed by atoms with Crippen LogP contribution in [0.1, 0.15) is 23.4 Å². The third-order valence-corrected chi connectivity index (χ3v) is 6.18. The Kier molecular flexibility index (Phi) is 5.97. The van der Waals surface area contributed by atoms with Gasteiger partial charge in [-0.25, -0.2) is 0 Å². The number of nitrogens with one attached hydrogen (secondary N) is 1. The zero-order valence-electron chi connectivity index (χ0n) is 15.0. The number of carbonyl (C=O) groups is 3. The molecule has 0 saturated heterocycles. The second kappa shape index (κ2) is 8.23. The summed E-state index contributed by atoms with van der Waals surface area (Å²) in [6, 6.07) is 12.8. The van der Waals surface area contributed by atoms with E-state index in [9.17, 15) is 14.4 Å². The number of methoxy groups -OCH3 is 1. The highest BCUT2D eigenvalue weighted by Crippen LogP contribution is 2.41. The first-order valence-corrected chi connectivity index (χ1v) is 9.83. The first kappa shape index (κ1) is 19.6. The number of hydrogen-bond acceptors (Lipinski definition) is 5. The van der Waals surface area contributed by atoms with Crippen molar-refractivity contribution >= 4 is 40.6 Å². The van der Waals surface area contributed by atoms with Gasteiger partial charge >= 0.3 is 5.97 Å². The van der Waals surface area contributed by atoms with E-state index in [0.717, 1.165) is 10.4 Å². The molecule has 1 aliphatic carbocycles. The summed E-state index contributed by atoms with van der Waals surface area (Å²) >= 11 is 7.31. The minimum absolute atomic E-state index is 0.229. The third kappa shape index (κ3) is 4.06. The van der Waals surface area contributed by atoms with Gasteiger partial charge in [-0.2, -0.15) is 0 Å². The van der Waals surface area contributed by atoms with Crippen molar-refractivity contribution < 1.29 is 19.1 Å². The van der Waals surface area contributed by atoms with Crippen LogP contribution in [0.3, 0.4) is 0 Å². The minimum atomic E-state index is -1.01. The number of hydrogen-bond donors (Lipinski definition) is 1. The van der Waals surface area contributed by atoms with Crippen LogP contribution in [0.5, 0.6) is 0 Å². The van der Waals surface area contributed by atoms with Gasteiger partial charge in [-0.15, -0.1) is 11.3 Å². The summed E-state index contributed by atoms with van der Waals surface area (Å²) < 4.78 is 5.47. The number of halogens is 1. The van der Waals surface area contributed by atoms with Crippen LogP contribution in [0.4, 0.5) is 0 Å². The fraction of sp³-hybridized carbons (Fsp3) is 0.350. The van der Waals surface area contributed by atoms with Crippen LogP contribution in [-0.4, -0.2) is 24.8 Å². The second-order valence-electron chi connectivity index (χ2n) is 6.59. The lowest BCUT2D eigenvalue weighted by molar-refractivity contribution is -0.168. The first-order chi connectivity index (χ1) is 12.9. The Balaban J connectivity index is 1.72. The highest BCUT2D eigenvalue weighted by molar-refractivity contribution is 7.16. The lowest BCUT2D eigenvalue weighted by Crippen LogP contribution is -2.58. The van der Waals surface area contributed by atoms with Crippen molar-refractivity contribution in [3.05, 3.63) is 57.2 Å². The number of esters is 1. The molecule has 7 heteroatoms. The monoisotopic (exact) mass is 405 g/mol. The van der Waals surface area contributed by atoms with Gasteiger partial charge in [-0.1, -0.05) is 41.9 Å². The number of thiophene rings is 1. The molecule has 4 atom stereocenters. The molecule has 27 heavy (non-hydrogen) atoms. The lowest BCUT2D eigenvalue weighted by Gasteiger charge is -2.40. The molecule has 1 N–H and O–H groups in total. The van der Waals surface area contributed by atoms with Crippen LogP contribution in [0.15, 0.2) is 42.5 Å². The Morgan fingerprint density at radius 1 is 1.22 bits per heavy atom. The number of rotatable bonds is 6. The fourth-order valence-corrected chi connectivity index (χ4v) is 4.61. The molecular weight excluding hydrogens is 386 g/mol. The topological polar surface area (TPSA) is 72.5 Å². The number of benzene rings is 1. The summed E-state index contributed by atoms with van der Waals surface area (Å²) in [5, 5.41) is 2.84. The van der Waals surface area contributed by atoms with Crippen molar-refractivity contribution in [2.75, 3.05) is 7.11 Å². The van der Waals surface area contributed by atoms with Gasteiger partial charge in [-0.3, -0.25) is 14.4 Å². The van der Waals surface area contributed by atoms with Gasteiger partial charge in [0.05, 0.1) is 23.4 Å². The molecule has 0 spiro atoms. The van der Waals surface area contributed by atoms with Crippen LogP contribution in [-0.2, 0) is 25.5 Å². The fourth-order valence-electron chi connectivity index (χ4n) is 3.46. The minimum Gasteiger partial charge on any atom is -0.469 e. The molecular formula is C20H20ClNO4S. The number of ether oxygens (including phenoxy) is 1. The number of amides is 1. The highest BCUT2D eigenvalue weighted by Gasteiger charge is 2.57. The summed E-state index contributed by atoms with van der Waals surface area (Å²) in [5.41, 5.74) is 0.928. The molecule has 2 aromatic rings. The van der Waals surface area contributed by atoms with Gasteiger partial charge in [0.1, 0.15) is 5.92 Å². The van der Waals surface area contributed by atoms with E-state index in [2.05, 4.69) is 5.32 Å². The molecule has 142 valence electrons. The molecule has 1 fully saturated rings. The van der Waals surface area contributed by atoms with Gasteiger partial charge in [0.25, 0.3) is 0 Å². The highest BCUT2D eigenvalue weighted by atomic mass is 35.5. The molecule has 1 aliphatic rings. The van der Waals surface area contributed by atoms with E-state index in [-0.39, 0.29) is 11.8 Å². The van der Waals surface area contributed by atoms with E-state index in [0.29, 0.717) is 10.8 Å². The van der Waals surface area contributed by atoms with Gasteiger partial charge in [0.2, 0.25) is 5.91 Å². The van der Waals surface area contributed by atoms with Crippen molar-refractivity contribution in [1.29, 1.82) is 0 Å². The molecule has 0 aliphatic heterocycles. The smallest absolute Gasteiger partial charge is 0.310 e. The van der Waals surface area contributed by atoms with E-state index in [1.54, 1.807) is 6.07 Å². The van der Waals surface area contributed by atoms with Crippen molar-refractivity contribution in [3.63, 3.8) is 0 Å². The summed E-state index contributed by atoms with van der Waals surface area (Å²) in [6.45, 7) is 1.84. The van der Waals surface area contributed by atoms with Crippen molar-refractivity contribution in [2.24, 2.45) is 17.8 Å². The number of ketones is 1. The molecule has 0 bridgehead atoms. The Labute approximate surface area is 166 Å². The Bertz CT molecular complexity index is 851. The molecule has 1 aromatic carbocycles. The maximum atomic E-state index is 12.7. The summed E-state index contributed by atoms with van der Waals surface area (Å²) in [6.07, 6.45) is 0.383. The van der Waals surface area contributed by atoms with Crippen LogP contribution < -0.4 is 5.32 Å². The van der Waals surface area contributed by atoms with Crippen LogP contribution >= 0.6 is 22.9 Å². The normalized spacial score (nSPS) is 22.6. The van der Waals surface area contributed by atoms with E-state index in [1.165, 1.54) is 18.4 Å². The molecule has 3 rings (SSSR count). The van der Waals surface area contributed by atoms with E-state index in [4.69, 9.17) is 16.3 Å². The maximum Gasteiger partial charge on any atom is 0.310 e. The number of Topliss-reactive ketones (excluding diaryl/α,β-unsaturated/α-hetero) is 1. The van der Waals surface area contributed by atoms with E-state index in [1.807, 2.05) is 43.3 Å². The third-order valence-electron chi connectivity index (χ3n) is 4.93. The van der Waals surface area contributed by atoms with Gasteiger partial charge in [0.15, 0.2) is 5.78 Å². The molecule has 1 aromatic heterocycles. The van der Waals surface area contributed by atoms with Crippen molar-refractivity contribution in [3.8, 4) is 0 Å². The number of carbonyl (C=O) groups excluding carboxylic acids is 3. The second-order valence-corrected chi connectivity index (χ2v) is 8.39. The quantitative estimate of drug-likeness (QED) is 0.590. The predicted octanol–water partition coefficient (Wildman–Crippen LogP) is 3.43. The average Bonchev–Trinajstić information content (AvgIpc) is 3.08. The van der Waals surface area contributed by atoms with Gasteiger partial charge in [0, 0.05) is 10.8 Å². The lowest BCUT2D eigenvalue weighted by atomic mass is 9.61. The van der Waals surface area contributed by atoms with E-state index >= 15 is 0 Å². The zero-order chi connectivity index (χ0) is 19.6. The van der Waals surface area contributed by atoms with Gasteiger partial charge in [-0.05, 0) is 31.0 Å². The largest absolute Gasteiger partial charge is 0.469 e. The summed E-state index contributed by atoms with van der Waals surface area (Å²) in [5.74, 6) is -3.54. The van der Waals surface area contributed by atoms with Crippen LogP contribution in [0, 0.1) is 17.8 Å². The Hall–Kier alpha value is -2.18. The van der Waals surface area contributed by atoms with Crippen LogP contribution in [0.25, 0.3) is 0 Å². The molecule has 1 heterocycles. The maximum absolute atomic E-state index is 12.7. The standard InChI is InChI=1S/C20H20ClNO4S/c1-11(12-6-4-3-5-7-12)22-19(24)17-16(20(25)26-2)14(18(17)23)10-13-8-9-15(21)27-13/h3-9,11,14,16-17H,10H2,1-2H3,(H,22,24)/t11-,14-,16-,17?/m1/s1. The summed E-state index contributed by atoms with van der Waals surface area (Å²) in [7, 11) is 1.27. The Morgan fingerprint density at radius 3 is 2.52 bits per heavy atom. The molecule has 5 nitrogen and oxygen atoms in total.